The van der Waals surface area contributed by atoms with E-state index in [9.17, 15) is 4.79 Å². The van der Waals surface area contributed by atoms with Gasteiger partial charge in [-0.3, -0.25) is 4.31 Å². The van der Waals surface area contributed by atoms with Crippen molar-refractivity contribution in [3.05, 3.63) is 0 Å². The van der Waals surface area contributed by atoms with Gasteiger partial charge in [-0.25, -0.2) is 4.79 Å². The zero-order chi connectivity index (χ0) is 13.4. The molecule has 0 aromatic rings. The fraction of sp³-hybridized carbons (Fsp3) is 0.923. The number of carbonyl (C=O) groups excluding carboxylic acids is 1. The number of rotatable bonds is 0. The van der Waals surface area contributed by atoms with Gasteiger partial charge in [0.2, 0.25) is 0 Å². The van der Waals surface area contributed by atoms with E-state index < -0.39 is 5.60 Å². The van der Waals surface area contributed by atoms with Crippen molar-refractivity contribution in [3.8, 4) is 0 Å². The fourth-order valence-corrected chi connectivity index (χ4v) is 3.33. The van der Waals surface area contributed by atoms with E-state index in [1.165, 1.54) is 6.42 Å². The number of hydrogen-bond acceptors (Lipinski definition) is 4. The molecule has 4 nitrogen and oxygen atoms in total. The van der Waals surface area contributed by atoms with Crippen LogP contribution in [0.4, 0.5) is 4.79 Å². The normalized spacial score (nSPS) is 29.9. The van der Waals surface area contributed by atoms with Crippen LogP contribution in [-0.4, -0.2) is 47.1 Å². The Labute approximate surface area is 115 Å². The van der Waals surface area contributed by atoms with Crippen LogP contribution in [0.5, 0.6) is 0 Å². The molecule has 0 aromatic carbocycles. The van der Waals surface area contributed by atoms with E-state index in [0.29, 0.717) is 0 Å². The number of thiol groups is 1. The van der Waals surface area contributed by atoms with Crippen LogP contribution >= 0.6 is 12.8 Å². The highest BCUT2D eigenvalue weighted by Gasteiger charge is 2.42. The molecule has 0 unspecified atom stereocenters. The van der Waals surface area contributed by atoms with Crippen LogP contribution in [0.25, 0.3) is 0 Å². The third-order valence-corrected chi connectivity index (χ3v) is 4.07. The summed E-state index contributed by atoms with van der Waals surface area (Å²) in [5, 5.41) is 0. The SMILES string of the molecule is CC(C)(C)OC(=O)N1CCC[C@@]2(CCN(S)C2)C1. The topological polar surface area (TPSA) is 32.8 Å². The van der Waals surface area contributed by atoms with Crippen molar-refractivity contribution in [1.29, 1.82) is 0 Å². The summed E-state index contributed by atoms with van der Waals surface area (Å²) in [6, 6.07) is 0. The average molecular weight is 272 g/mol. The zero-order valence-corrected chi connectivity index (χ0v) is 12.5. The third kappa shape index (κ3) is 3.32. The van der Waals surface area contributed by atoms with E-state index in [4.69, 9.17) is 4.74 Å². The molecule has 2 aliphatic heterocycles. The first-order chi connectivity index (χ1) is 8.30. The summed E-state index contributed by atoms with van der Waals surface area (Å²) in [5.41, 5.74) is -0.163. The minimum Gasteiger partial charge on any atom is -0.444 e. The highest BCUT2D eigenvalue weighted by atomic mass is 32.1. The Bertz CT molecular complexity index is 325. The number of piperidine rings is 1. The van der Waals surface area contributed by atoms with Crippen LogP contribution in [0, 0.1) is 5.41 Å². The summed E-state index contributed by atoms with van der Waals surface area (Å²) >= 11 is 4.43. The van der Waals surface area contributed by atoms with Crippen molar-refractivity contribution in [2.75, 3.05) is 26.2 Å². The van der Waals surface area contributed by atoms with E-state index in [1.807, 2.05) is 25.7 Å². The number of hydrogen-bond donors (Lipinski definition) is 1. The molecule has 104 valence electrons. The number of carbonyl (C=O) groups is 1. The van der Waals surface area contributed by atoms with E-state index in [1.54, 1.807) is 0 Å². The van der Waals surface area contributed by atoms with Crippen LogP contribution < -0.4 is 0 Å². The first kappa shape index (κ1) is 14.0. The van der Waals surface area contributed by atoms with E-state index in [0.717, 1.165) is 39.0 Å². The Kier molecular flexibility index (Phi) is 3.83. The number of ether oxygens (including phenoxy) is 1. The lowest BCUT2D eigenvalue weighted by molar-refractivity contribution is 0.00635. The summed E-state index contributed by atoms with van der Waals surface area (Å²) < 4.78 is 7.53. The Morgan fingerprint density at radius 2 is 1.94 bits per heavy atom. The number of likely N-dealkylation sites (tertiary alicyclic amines) is 1. The van der Waals surface area contributed by atoms with Crippen LogP contribution in [0.3, 0.4) is 0 Å². The van der Waals surface area contributed by atoms with Crippen molar-refractivity contribution in [3.63, 3.8) is 0 Å². The van der Waals surface area contributed by atoms with Gasteiger partial charge in [0, 0.05) is 31.6 Å². The molecule has 18 heavy (non-hydrogen) atoms. The Morgan fingerprint density at radius 3 is 2.50 bits per heavy atom. The van der Waals surface area contributed by atoms with Gasteiger partial charge in [0.15, 0.2) is 0 Å². The van der Waals surface area contributed by atoms with Gasteiger partial charge in [-0.05, 0) is 40.0 Å². The fourth-order valence-electron chi connectivity index (χ4n) is 2.93. The maximum atomic E-state index is 12.1. The maximum Gasteiger partial charge on any atom is 0.410 e. The summed E-state index contributed by atoms with van der Waals surface area (Å²) in [6.45, 7) is 9.38. The molecule has 2 heterocycles. The van der Waals surface area contributed by atoms with Gasteiger partial charge in [-0.2, -0.15) is 0 Å². The van der Waals surface area contributed by atoms with Gasteiger partial charge in [-0.15, -0.1) is 0 Å². The van der Waals surface area contributed by atoms with Crippen molar-refractivity contribution in [1.82, 2.24) is 9.21 Å². The minimum absolute atomic E-state index is 0.167. The first-order valence-corrected chi connectivity index (χ1v) is 7.12. The zero-order valence-electron chi connectivity index (χ0n) is 11.6. The highest BCUT2D eigenvalue weighted by molar-refractivity contribution is 7.77. The lowest BCUT2D eigenvalue weighted by atomic mass is 9.79. The van der Waals surface area contributed by atoms with Crippen LogP contribution in [0.15, 0.2) is 0 Å². The summed E-state index contributed by atoms with van der Waals surface area (Å²) in [4.78, 5) is 14.0. The van der Waals surface area contributed by atoms with Crippen molar-refractivity contribution in [2.24, 2.45) is 5.41 Å². The predicted octanol–water partition coefficient (Wildman–Crippen LogP) is 2.55. The lowest BCUT2D eigenvalue weighted by Crippen LogP contribution is -2.48. The smallest absolute Gasteiger partial charge is 0.410 e. The molecule has 1 spiro atoms. The molecule has 2 aliphatic rings. The molecular formula is C13H24N2O2S. The van der Waals surface area contributed by atoms with Crippen molar-refractivity contribution >= 4 is 18.9 Å². The molecule has 2 fully saturated rings. The molecule has 0 radical (unpaired) electrons. The maximum absolute atomic E-state index is 12.1. The predicted molar refractivity (Wildman–Crippen MR) is 74.7 cm³/mol. The van der Waals surface area contributed by atoms with Gasteiger partial charge in [0.1, 0.15) is 5.60 Å². The van der Waals surface area contributed by atoms with Gasteiger partial charge >= 0.3 is 6.09 Å². The average Bonchev–Trinajstić information content (AvgIpc) is 2.57. The molecule has 0 N–H and O–H groups in total. The Hall–Kier alpha value is -0.420. The van der Waals surface area contributed by atoms with E-state index in [2.05, 4.69) is 17.1 Å². The van der Waals surface area contributed by atoms with Crippen molar-refractivity contribution < 1.29 is 9.53 Å². The summed E-state index contributed by atoms with van der Waals surface area (Å²) in [5.74, 6) is 0. The minimum atomic E-state index is -0.410. The second kappa shape index (κ2) is 4.93. The molecule has 0 aliphatic carbocycles. The molecule has 2 saturated heterocycles. The molecule has 2 rings (SSSR count). The number of nitrogens with zero attached hydrogens (tertiary/aromatic N) is 2. The second-order valence-corrected chi connectivity index (χ2v) is 7.21. The van der Waals surface area contributed by atoms with E-state index >= 15 is 0 Å². The summed E-state index contributed by atoms with van der Waals surface area (Å²) in [7, 11) is 0. The van der Waals surface area contributed by atoms with E-state index in [-0.39, 0.29) is 11.5 Å². The molecule has 1 atom stereocenters. The molecule has 1 amide bonds. The van der Waals surface area contributed by atoms with Crippen LogP contribution in [-0.2, 0) is 4.74 Å². The highest BCUT2D eigenvalue weighted by Crippen LogP contribution is 2.39. The molecular weight excluding hydrogens is 248 g/mol. The second-order valence-electron chi connectivity index (χ2n) is 6.64. The van der Waals surface area contributed by atoms with Crippen molar-refractivity contribution in [2.45, 2.75) is 45.6 Å². The largest absolute Gasteiger partial charge is 0.444 e. The van der Waals surface area contributed by atoms with Crippen LogP contribution in [0.2, 0.25) is 0 Å². The van der Waals surface area contributed by atoms with Gasteiger partial charge in [-0.1, -0.05) is 12.8 Å². The van der Waals surface area contributed by atoms with Gasteiger partial charge in [0.05, 0.1) is 0 Å². The quantitative estimate of drug-likeness (QED) is 0.688. The molecule has 0 bridgehead atoms. The molecule has 0 saturated carbocycles. The van der Waals surface area contributed by atoms with Gasteiger partial charge < -0.3 is 9.64 Å². The Balaban J connectivity index is 1.97. The molecule has 5 heteroatoms. The standard InChI is InChI=1S/C13H24N2O2S/c1-12(2,3)17-11(16)14-7-4-5-13(9-14)6-8-15(18)10-13/h18H,4-10H2,1-3H3/t13-/m1/s1. The van der Waals surface area contributed by atoms with Crippen LogP contribution in [0.1, 0.15) is 40.0 Å². The first-order valence-electron chi connectivity index (χ1n) is 6.72. The Morgan fingerprint density at radius 1 is 1.22 bits per heavy atom. The summed E-state index contributed by atoms with van der Waals surface area (Å²) in [6.07, 6.45) is 3.24. The third-order valence-electron chi connectivity index (χ3n) is 3.73. The molecule has 0 aromatic heterocycles. The number of amides is 1. The monoisotopic (exact) mass is 272 g/mol. The van der Waals surface area contributed by atoms with Gasteiger partial charge in [0.25, 0.3) is 0 Å². The lowest BCUT2D eigenvalue weighted by Gasteiger charge is -2.40.